The van der Waals surface area contributed by atoms with Gasteiger partial charge in [-0.15, -0.1) is 0 Å². The first-order valence-electron chi connectivity index (χ1n) is 6.73. The number of hydrogen-bond donors (Lipinski definition) is 1. The van der Waals surface area contributed by atoms with Crippen molar-refractivity contribution >= 4 is 5.97 Å². The molecule has 2 N–H and O–H groups in total. The van der Waals surface area contributed by atoms with Crippen LogP contribution in [0.5, 0.6) is 0 Å². The topological polar surface area (TPSA) is 55.6 Å². The third-order valence-corrected chi connectivity index (χ3v) is 3.78. The van der Waals surface area contributed by atoms with Gasteiger partial charge in [-0.3, -0.25) is 4.79 Å². The van der Waals surface area contributed by atoms with Crippen LogP contribution in [-0.4, -0.2) is 43.7 Å². The van der Waals surface area contributed by atoms with Crippen molar-refractivity contribution < 1.29 is 9.53 Å². The highest BCUT2D eigenvalue weighted by molar-refractivity contribution is 5.75. The smallest absolute Gasteiger partial charge is 0.322 e. The summed E-state index contributed by atoms with van der Waals surface area (Å²) in [5, 5.41) is 0. The summed E-state index contributed by atoms with van der Waals surface area (Å²) in [6, 6.07) is -0.467. The highest BCUT2D eigenvalue weighted by Crippen LogP contribution is 2.20. The summed E-state index contributed by atoms with van der Waals surface area (Å²) in [7, 11) is 1.39. The SMILES string of the molecule is CCC1CCCN(CCC(N)C(=O)OC)CC1. The zero-order valence-corrected chi connectivity index (χ0v) is 11.2. The molecular weight excluding hydrogens is 216 g/mol. The predicted octanol–water partition coefficient (Wildman–Crippen LogP) is 1.39. The zero-order valence-electron chi connectivity index (χ0n) is 11.2. The lowest BCUT2D eigenvalue weighted by Gasteiger charge is -2.21. The van der Waals surface area contributed by atoms with Gasteiger partial charge in [0.05, 0.1) is 7.11 Å². The first kappa shape index (κ1) is 14.5. The number of nitrogens with zero attached hydrogens (tertiary/aromatic N) is 1. The van der Waals surface area contributed by atoms with Gasteiger partial charge in [-0.05, 0) is 44.7 Å². The summed E-state index contributed by atoms with van der Waals surface area (Å²) in [4.78, 5) is 13.6. The van der Waals surface area contributed by atoms with Crippen molar-refractivity contribution in [2.75, 3.05) is 26.7 Å². The van der Waals surface area contributed by atoms with Crippen LogP contribution >= 0.6 is 0 Å². The van der Waals surface area contributed by atoms with Crippen molar-refractivity contribution in [1.82, 2.24) is 4.90 Å². The quantitative estimate of drug-likeness (QED) is 0.740. The van der Waals surface area contributed by atoms with Gasteiger partial charge in [0.1, 0.15) is 6.04 Å². The Kier molecular flexibility index (Phi) is 6.52. The minimum atomic E-state index is -0.467. The maximum Gasteiger partial charge on any atom is 0.322 e. The zero-order chi connectivity index (χ0) is 12.7. The van der Waals surface area contributed by atoms with Crippen LogP contribution in [-0.2, 0) is 9.53 Å². The number of carbonyl (C=O) groups is 1. The van der Waals surface area contributed by atoms with Crippen molar-refractivity contribution in [3.05, 3.63) is 0 Å². The molecule has 1 aliphatic heterocycles. The number of methoxy groups -OCH3 is 1. The molecule has 1 fully saturated rings. The van der Waals surface area contributed by atoms with Gasteiger partial charge in [0.25, 0.3) is 0 Å². The molecule has 4 heteroatoms. The van der Waals surface area contributed by atoms with E-state index in [9.17, 15) is 4.79 Å². The molecule has 0 saturated carbocycles. The van der Waals surface area contributed by atoms with Crippen LogP contribution < -0.4 is 5.73 Å². The normalized spacial score (nSPS) is 24.1. The van der Waals surface area contributed by atoms with Crippen molar-refractivity contribution in [3.63, 3.8) is 0 Å². The van der Waals surface area contributed by atoms with Crippen molar-refractivity contribution in [1.29, 1.82) is 0 Å². The van der Waals surface area contributed by atoms with E-state index in [2.05, 4.69) is 16.6 Å². The molecule has 0 radical (unpaired) electrons. The van der Waals surface area contributed by atoms with Gasteiger partial charge >= 0.3 is 5.97 Å². The Labute approximate surface area is 104 Å². The molecule has 2 unspecified atom stereocenters. The van der Waals surface area contributed by atoms with Crippen LogP contribution in [0.1, 0.15) is 39.0 Å². The number of esters is 1. The van der Waals surface area contributed by atoms with E-state index in [0.717, 1.165) is 25.6 Å². The lowest BCUT2D eigenvalue weighted by Crippen LogP contribution is -2.36. The fraction of sp³-hybridized carbons (Fsp3) is 0.923. The summed E-state index contributed by atoms with van der Waals surface area (Å²) in [6.45, 7) is 5.47. The Bertz CT molecular complexity index is 233. The van der Waals surface area contributed by atoms with E-state index in [0.29, 0.717) is 6.42 Å². The Morgan fingerprint density at radius 3 is 2.88 bits per heavy atom. The second-order valence-corrected chi connectivity index (χ2v) is 4.97. The van der Waals surface area contributed by atoms with Gasteiger partial charge in [-0.1, -0.05) is 13.3 Å². The van der Waals surface area contributed by atoms with Crippen molar-refractivity contribution in [2.24, 2.45) is 11.7 Å². The highest BCUT2D eigenvalue weighted by atomic mass is 16.5. The molecule has 1 aliphatic rings. The lowest BCUT2D eigenvalue weighted by molar-refractivity contribution is -0.142. The third kappa shape index (κ3) is 5.04. The molecule has 0 aromatic rings. The van der Waals surface area contributed by atoms with E-state index in [1.165, 1.54) is 32.8 Å². The molecule has 0 spiro atoms. The number of nitrogens with two attached hydrogens (primary N) is 1. The molecule has 1 rings (SSSR count). The molecule has 0 amide bonds. The standard InChI is InChI=1S/C13H26N2O2/c1-3-11-5-4-8-15(9-6-11)10-7-12(14)13(16)17-2/h11-12H,3-10,14H2,1-2H3. The Hall–Kier alpha value is -0.610. The van der Waals surface area contributed by atoms with Crippen LogP contribution in [0.2, 0.25) is 0 Å². The van der Waals surface area contributed by atoms with Crippen molar-refractivity contribution in [3.8, 4) is 0 Å². The van der Waals surface area contributed by atoms with E-state index in [1.807, 2.05) is 0 Å². The van der Waals surface area contributed by atoms with Gasteiger partial charge in [-0.2, -0.15) is 0 Å². The molecule has 0 aliphatic carbocycles. The fourth-order valence-electron chi connectivity index (χ4n) is 2.45. The predicted molar refractivity (Wildman–Crippen MR) is 68.7 cm³/mol. The second-order valence-electron chi connectivity index (χ2n) is 4.97. The number of likely N-dealkylation sites (tertiary alicyclic amines) is 1. The van der Waals surface area contributed by atoms with Gasteiger partial charge in [-0.25, -0.2) is 0 Å². The minimum Gasteiger partial charge on any atom is -0.468 e. The maximum absolute atomic E-state index is 11.2. The summed E-state index contributed by atoms with van der Waals surface area (Å²) < 4.78 is 4.63. The summed E-state index contributed by atoms with van der Waals surface area (Å²) >= 11 is 0. The average molecular weight is 242 g/mol. The molecule has 17 heavy (non-hydrogen) atoms. The number of ether oxygens (including phenoxy) is 1. The van der Waals surface area contributed by atoms with Crippen LogP contribution in [0.3, 0.4) is 0 Å². The van der Waals surface area contributed by atoms with E-state index in [-0.39, 0.29) is 5.97 Å². The molecule has 0 bridgehead atoms. The first-order valence-corrected chi connectivity index (χ1v) is 6.73. The van der Waals surface area contributed by atoms with Gasteiger partial charge < -0.3 is 15.4 Å². The summed E-state index contributed by atoms with van der Waals surface area (Å²) in [6.07, 6.45) is 5.88. The summed E-state index contributed by atoms with van der Waals surface area (Å²) in [5.74, 6) is 0.584. The molecule has 2 atom stereocenters. The molecule has 0 aromatic heterocycles. The van der Waals surface area contributed by atoms with Gasteiger partial charge in [0.2, 0.25) is 0 Å². The monoisotopic (exact) mass is 242 g/mol. The minimum absolute atomic E-state index is 0.300. The van der Waals surface area contributed by atoms with Crippen LogP contribution in [0.25, 0.3) is 0 Å². The molecule has 1 saturated heterocycles. The largest absolute Gasteiger partial charge is 0.468 e. The first-order chi connectivity index (χ1) is 8.17. The Morgan fingerprint density at radius 1 is 1.47 bits per heavy atom. The Morgan fingerprint density at radius 2 is 2.24 bits per heavy atom. The van der Waals surface area contributed by atoms with Crippen LogP contribution in [0.15, 0.2) is 0 Å². The molecule has 100 valence electrons. The Balaban J connectivity index is 2.25. The van der Waals surface area contributed by atoms with Crippen molar-refractivity contribution in [2.45, 2.75) is 45.1 Å². The molecular formula is C13H26N2O2. The van der Waals surface area contributed by atoms with E-state index in [4.69, 9.17) is 5.73 Å². The molecule has 1 heterocycles. The lowest BCUT2D eigenvalue weighted by atomic mass is 9.98. The average Bonchev–Trinajstić information content (AvgIpc) is 2.59. The summed E-state index contributed by atoms with van der Waals surface area (Å²) in [5.41, 5.74) is 5.74. The van der Waals surface area contributed by atoms with Gasteiger partial charge in [0.15, 0.2) is 0 Å². The van der Waals surface area contributed by atoms with E-state index < -0.39 is 6.04 Å². The third-order valence-electron chi connectivity index (χ3n) is 3.78. The molecule has 4 nitrogen and oxygen atoms in total. The highest BCUT2D eigenvalue weighted by Gasteiger charge is 2.18. The van der Waals surface area contributed by atoms with Crippen LogP contribution in [0, 0.1) is 5.92 Å². The number of rotatable bonds is 5. The number of hydrogen-bond acceptors (Lipinski definition) is 4. The molecule has 0 aromatic carbocycles. The van der Waals surface area contributed by atoms with E-state index >= 15 is 0 Å². The van der Waals surface area contributed by atoms with Crippen LogP contribution in [0.4, 0.5) is 0 Å². The second kappa shape index (κ2) is 7.67. The fourth-order valence-corrected chi connectivity index (χ4v) is 2.45. The van der Waals surface area contributed by atoms with Gasteiger partial charge in [0, 0.05) is 6.54 Å². The maximum atomic E-state index is 11.2. The van der Waals surface area contributed by atoms with E-state index in [1.54, 1.807) is 0 Å². The number of carbonyl (C=O) groups excluding carboxylic acids is 1.